The monoisotopic (exact) mass is 572 g/mol. The fourth-order valence-electron chi connectivity index (χ4n) is 4.43. The normalized spacial score (nSPS) is 12.8. The molecule has 12 heteroatoms. The summed E-state index contributed by atoms with van der Waals surface area (Å²) in [6.45, 7) is 0. The first-order valence-corrected chi connectivity index (χ1v) is 11.9. The van der Waals surface area contributed by atoms with Gasteiger partial charge in [0, 0.05) is 12.0 Å². The number of phenols is 3. The first-order valence-electron chi connectivity index (χ1n) is 11.9. The standard InChI is InChI=1S/C30H20O12/c31-22-4-1-13(8-18(22)27(35)36)7-17-9-16(12-21(26(17)34)30(41)42)25(14-2-5-23(32)19(10-14)28(37)38)15-3-6-24(33)20(11-15)29(39)40/h1-6,8-12,31-33H,7H2,(H,35,36)(H,37,38)(H,39,40)(H,41,42). The van der Waals surface area contributed by atoms with E-state index in [-0.39, 0.29) is 39.8 Å². The van der Waals surface area contributed by atoms with Crippen LogP contribution < -0.4 is 0 Å². The van der Waals surface area contributed by atoms with E-state index in [4.69, 9.17) is 0 Å². The van der Waals surface area contributed by atoms with Gasteiger partial charge in [0.15, 0.2) is 5.78 Å². The molecule has 1 aliphatic rings. The van der Waals surface area contributed by atoms with Crippen molar-refractivity contribution in [3.63, 3.8) is 0 Å². The van der Waals surface area contributed by atoms with Crippen molar-refractivity contribution in [2.75, 3.05) is 0 Å². The molecule has 42 heavy (non-hydrogen) atoms. The molecule has 0 heterocycles. The maximum atomic E-state index is 13.1. The van der Waals surface area contributed by atoms with E-state index in [0.717, 1.165) is 42.5 Å². The zero-order valence-corrected chi connectivity index (χ0v) is 21.2. The second-order valence-electron chi connectivity index (χ2n) is 9.10. The number of aromatic hydroxyl groups is 3. The molecular weight excluding hydrogens is 552 g/mol. The predicted octanol–water partition coefficient (Wildman–Crippen LogP) is 3.46. The van der Waals surface area contributed by atoms with E-state index >= 15 is 0 Å². The molecule has 0 unspecified atom stereocenters. The van der Waals surface area contributed by atoms with Gasteiger partial charge in [0.25, 0.3) is 0 Å². The quantitative estimate of drug-likeness (QED) is 0.193. The molecule has 0 aromatic heterocycles. The maximum Gasteiger partial charge on any atom is 0.339 e. The molecule has 0 saturated heterocycles. The van der Waals surface area contributed by atoms with Crippen LogP contribution in [0.1, 0.15) is 47.8 Å². The van der Waals surface area contributed by atoms with E-state index in [1.165, 1.54) is 24.3 Å². The largest absolute Gasteiger partial charge is 0.507 e. The number of allylic oxidation sites excluding steroid dienone is 4. The molecule has 0 bridgehead atoms. The van der Waals surface area contributed by atoms with Crippen molar-refractivity contribution in [2.45, 2.75) is 6.42 Å². The van der Waals surface area contributed by atoms with E-state index in [0.29, 0.717) is 0 Å². The van der Waals surface area contributed by atoms with Gasteiger partial charge in [-0.05, 0) is 76.4 Å². The number of carbonyl (C=O) groups is 5. The Morgan fingerprint density at radius 1 is 0.571 bits per heavy atom. The Labute approximate surface area is 235 Å². The molecule has 0 aliphatic heterocycles. The average molecular weight is 572 g/mol. The Morgan fingerprint density at radius 2 is 1.02 bits per heavy atom. The summed E-state index contributed by atoms with van der Waals surface area (Å²) < 4.78 is 0. The molecule has 3 aromatic carbocycles. The number of aliphatic carboxylic acids is 1. The Kier molecular flexibility index (Phi) is 7.64. The van der Waals surface area contributed by atoms with Gasteiger partial charge < -0.3 is 35.7 Å². The highest BCUT2D eigenvalue weighted by Crippen LogP contribution is 2.36. The van der Waals surface area contributed by atoms with Crippen LogP contribution >= 0.6 is 0 Å². The topological polar surface area (TPSA) is 227 Å². The van der Waals surface area contributed by atoms with E-state index in [9.17, 15) is 59.7 Å². The van der Waals surface area contributed by atoms with Crippen LogP contribution in [-0.2, 0) is 16.0 Å². The first kappa shape index (κ1) is 28.8. The van der Waals surface area contributed by atoms with E-state index in [1.807, 2.05) is 0 Å². The van der Waals surface area contributed by atoms with E-state index in [1.54, 1.807) is 0 Å². The zero-order valence-electron chi connectivity index (χ0n) is 21.2. The smallest absolute Gasteiger partial charge is 0.339 e. The van der Waals surface area contributed by atoms with Gasteiger partial charge in [-0.25, -0.2) is 19.2 Å². The lowest BCUT2D eigenvalue weighted by Crippen LogP contribution is -2.19. The van der Waals surface area contributed by atoms with Crippen LogP contribution in [-0.4, -0.2) is 65.4 Å². The van der Waals surface area contributed by atoms with Crippen LogP contribution in [0, 0.1) is 0 Å². The highest BCUT2D eigenvalue weighted by atomic mass is 16.4. The highest BCUT2D eigenvalue weighted by molar-refractivity contribution is 6.25. The number of ketones is 1. The third-order valence-electron chi connectivity index (χ3n) is 6.40. The summed E-state index contributed by atoms with van der Waals surface area (Å²) in [5, 5.41) is 68.2. The summed E-state index contributed by atoms with van der Waals surface area (Å²) in [5.41, 5.74) is -1.78. The maximum absolute atomic E-state index is 13.1. The van der Waals surface area contributed by atoms with Crippen LogP contribution in [0.25, 0.3) is 5.57 Å². The molecular formula is C30H20O12. The number of aromatic carboxylic acids is 3. The van der Waals surface area contributed by atoms with Crippen LogP contribution in [0.5, 0.6) is 17.2 Å². The van der Waals surface area contributed by atoms with Crippen LogP contribution in [0.15, 0.2) is 83.5 Å². The second kappa shape index (κ2) is 11.1. The van der Waals surface area contributed by atoms with Gasteiger partial charge in [0.05, 0.1) is 0 Å². The molecule has 0 saturated carbocycles. The molecule has 0 fully saturated rings. The van der Waals surface area contributed by atoms with Gasteiger partial charge in [0.1, 0.15) is 39.5 Å². The molecule has 0 radical (unpaired) electrons. The average Bonchev–Trinajstić information content (AvgIpc) is 2.92. The number of carbonyl (C=O) groups excluding carboxylic acids is 1. The van der Waals surface area contributed by atoms with E-state index < -0.39 is 69.2 Å². The van der Waals surface area contributed by atoms with Crippen LogP contribution in [0.2, 0.25) is 0 Å². The number of carboxylic acids is 4. The molecule has 1 aliphatic carbocycles. The van der Waals surface area contributed by atoms with Gasteiger partial charge >= 0.3 is 23.9 Å². The number of hydrogen-bond donors (Lipinski definition) is 7. The lowest BCUT2D eigenvalue weighted by atomic mass is 9.83. The van der Waals surface area contributed by atoms with Gasteiger partial charge in [-0.3, -0.25) is 4.79 Å². The lowest BCUT2D eigenvalue weighted by molar-refractivity contribution is -0.134. The minimum absolute atomic E-state index is 0.0308. The van der Waals surface area contributed by atoms with Crippen LogP contribution in [0.4, 0.5) is 0 Å². The van der Waals surface area contributed by atoms with Crippen molar-refractivity contribution >= 4 is 35.2 Å². The molecule has 0 atom stereocenters. The Morgan fingerprint density at radius 3 is 1.48 bits per heavy atom. The summed E-state index contributed by atoms with van der Waals surface area (Å²) in [6.07, 6.45) is 2.04. The van der Waals surface area contributed by atoms with Crippen LogP contribution in [0.3, 0.4) is 0 Å². The first-order chi connectivity index (χ1) is 19.8. The van der Waals surface area contributed by atoms with Gasteiger partial charge in [-0.2, -0.15) is 0 Å². The second-order valence-corrected chi connectivity index (χ2v) is 9.10. The number of hydrogen-bond acceptors (Lipinski definition) is 8. The summed E-state index contributed by atoms with van der Waals surface area (Å²) in [5.74, 6) is -8.60. The number of Topliss-reactive ketones (excluding diaryl/α,β-unsaturated/α-hetero) is 1. The van der Waals surface area contributed by atoms with Crippen molar-refractivity contribution < 1.29 is 59.7 Å². The molecule has 4 rings (SSSR count). The third-order valence-corrected chi connectivity index (χ3v) is 6.40. The Hall–Kier alpha value is -6.17. The van der Waals surface area contributed by atoms with Crippen molar-refractivity contribution in [1.82, 2.24) is 0 Å². The Bertz CT molecular complexity index is 1740. The third kappa shape index (κ3) is 5.58. The van der Waals surface area contributed by atoms with Gasteiger partial charge in [-0.15, -0.1) is 0 Å². The molecule has 3 aromatic rings. The minimum atomic E-state index is -1.60. The summed E-state index contributed by atoms with van der Waals surface area (Å²) in [7, 11) is 0. The SMILES string of the molecule is O=C(O)C1=CC(=C(c2ccc(O)c(C(=O)O)c2)c2ccc(O)c(C(=O)O)c2)C=C(Cc2ccc(O)c(C(=O)O)c2)C1=O. The number of rotatable bonds is 8. The number of carboxylic acid groups (broad SMARTS) is 4. The lowest BCUT2D eigenvalue weighted by Gasteiger charge is -2.19. The van der Waals surface area contributed by atoms with Crippen molar-refractivity contribution in [1.29, 1.82) is 0 Å². The molecule has 0 spiro atoms. The fourth-order valence-corrected chi connectivity index (χ4v) is 4.43. The summed E-state index contributed by atoms with van der Waals surface area (Å²) in [6, 6.07) is 10.5. The van der Waals surface area contributed by atoms with Crippen molar-refractivity contribution in [3.8, 4) is 17.2 Å². The van der Waals surface area contributed by atoms with Crippen molar-refractivity contribution in [2.24, 2.45) is 0 Å². The van der Waals surface area contributed by atoms with Gasteiger partial charge in [0.2, 0.25) is 0 Å². The predicted molar refractivity (Wildman–Crippen MR) is 144 cm³/mol. The molecule has 0 amide bonds. The summed E-state index contributed by atoms with van der Waals surface area (Å²) >= 11 is 0. The zero-order chi connectivity index (χ0) is 30.9. The minimum Gasteiger partial charge on any atom is -0.507 e. The van der Waals surface area contributed by atoms with Crippen molar-refractivity contribution in [3.05, 3.63) is 117 Å². The molecule has 212 valence electrons. The highest BCUT2D eigenvalue weighted by Gasteiger charge is 2.28. The number of benzene rings is 3. The summed E-state index contributed by atoms with van der Waals surface area (Å²) in [4.78, 5) is 60.2. The Balaban J connectivity index is 2.04. The van der Waals surface area contributed by atoms with E-state index in [2.05, 4.69) is 0 Å². The van der Waals surface area contributed by atoms with Gasteiger partial charge in [-0.1, -0.05) is 18.2 Å². The molecule has 12 nitrogen and oxygen atoms in total. The fraction of sp³-hybridized carbons (Fsp3) is 0.0333. The molecule has 7 N–H and O–H groups in total.